The molecule has 0 bridgehead atoms. The fourth-order valence-electron chi connectivity index (χ4n) is 0.876. The molecule has 0 saturated carbocycles. The maximum atomic E-state index is 4.99. The van der Waals surface area contributed by atoms with Gasteiger partial charge in [-0.1, -0.05) is 0 Å². The molecule has 0 atom stereocenters. The second-order valence-corrected chi connectivity index (χ2v) is 3.36. The molecule has 128 valence electrons. The van der Waals surface area contributed by atoms with Gasteiger partial charge < -0.3 is 42.6 Å². The zero-order valence-electron chi connectivity index (χ0n) is 12.7. The summed E-state index contributed by atoms with van der Waals surface area (Å²) < 4.78 is 44.7. The van der Waals surface area contributed by atoms with E-state index >= 15 is 0 Å². The van der Waals surface area contributed by atoms with E-state index in [-0.39, 0.29) is 54.3 Å². The van der Waals surface area contributed by atoms with Gasteiger partial charge in [0.1, 0.15) is 13.6 Å². The third kappa shape index (κ3) is 19.6. The smallest absolute Gasteiger partial charge is 0.152 e. The van der Waals surface area contributed by atoms with Gasteiger partial charge in [-0.2, -0.15) is 0 Å². The van der Waals surface area contributed by atoms with Crippen molar-refractivity contribution in [2.75, 3.05) is 67.6 Å². The molecule has 0 aliphatic carbocycles. The van der Waals surface area contributed by atoms with Crippen LogP contribution in [0.2, 0.25) is 0 Å². The monoisotopic (exact) mass is 314 g/mol. The van der Waals surface area contributed by atoms with Gasteiger partial charge in [-0.25, -0.2) is 0 Å². The summed E-state index contributed by atoms with van der Waals surface area (Å²) in [6.07, 6.45) is 0. The van der Waals surface area contributed by atoms with E-state index in [1.807, 2.05) is 13.8 Å². The van der Waals surface area contributed by atoms with E-state index < -0.39 is 0 Å². The average Bonchev–Trinajstić information content (AvgIpc) is 2.50. The molecule has 0 radical (unpaired) electrons. The molecule has 0 aromatic carbocycles. The molecular weight excluding hydrogens is 288 g/mol. The van der Waals surface area contributed by atoms with Crippen molar-refractivity contribution in [3.05, 3.63) is 0 Å². The number of hydrogen-bond donors (Lipinski definition) is 0. The first-order valence-corrected chi connectivity index (χ1v) is 6.61. The van der Waals surface area contributed by atoms with Gasteiger partial charge in [0.05, 0.1) is 0 Å². The second-order valence-electron chi connectivity index (χ2n) is 3.36. The third-order valence-electron chi connectivity index (χ3n) is 1.74. The van der Waals surface area contributed by atoms with Crippen molar-refractivity contribution < 1.29 is 42.6 Å². The predicted molar refractivity (Wildman–Crippen MR) is 69.8 cm³/mol. The Kier molecular flexibility index (Phi) is 19.3. The van der Waals surface area contributed by atoms with E-state index in [4.69, 9.17) is 42.6 Å². The molecule has 0 rings (SSSR count). The van der Waals surface area contributed by atoms with Gasteiger partial charge in [-0.3, -0.25) is 0 Å². The van der Waals surface area contributed by atoms with Crippen molar-refractivity contribution >= 4 is 0 Å². The molecule has 0 aromatic heterocycles. The summed E-state index contributed by atoms with van der Waals surface area (Å²) in [7, 11) is 0. The van der Waals surface area contributed by atoms with Crippen molar-refractivity contribution in [1.82, 2.24) is 0 Å². The number of ether oxygens (including phenoxy) is 9. The van der Waals surface area contributed by atoms with Crippen LogP contribution in [0.5, 0.6) is 0 Å². The third-order valence-corrected chi connectivity index (χ3v) is 1.74. The molecule has 0 heterocycles. The van der Waals surface area contributed by atoms with Crippen LogP contribution in [0.1, 0.15) is 13.8 Å². The lowest BCUT2D eigenvalue weighted by Crippen LogP contribution is -2.12. The van der Waals surface area contributed by atoms with E-state index in [9.17, 15) is 0 Å². The Morgan fingerprint density at radius 3 is 0.714 bits per heavy atom. The summed E-state index contributed by atoms with van der Waals surface area (Å²) in [6, 6.07) is 0. The number of rotatable bonds is 18. The molecule has 0 aromatic rings. The lowest BCUT2D eigenvalue weighted by atomic mass is 10.9. The SMILES string of the molecule is CCOCOCOCOCOCOCOCOCOCC. The van der Waals surface area contributed by atoms with Crippen LogP contribution in [0.15, 0.2) is 0 Å². The van der Waals surface area contributed by atoms with Crippen molar-refractivity contribution in [2.45, 2.75) is 13.8 Å². The minimum Gasteiger partial charge on any atom is -0.356 e. The van der Waals surface area contributed by atoms with Crippen LogP contribution in [-0.4, -0.2) is 67.6 Å². The Balaban J connectivity index is 2.90. The zero-order chi connectivity index (χ0) is 15.4. The summed E-state index contributed by atoms with van der Waals surface area (Å²) in [5.41, 5.74) is 0. The van der Waals surface area contributed by atoms with Gasteiger partial charge in [-0.15, -0.1) is 0 Å². The molecule has 0 spiro atoms. The molecule has 21 heavy (non-hydrogen) atoms. The van der Waals surface area contributed by atoms with Crippen molar-refractivity contribution in [1.29, 1.82) is 0 Å². The van der Waals surface area contributed by atoms with Gasteiger partial charge >= 0.3 is 0 Å². The van der Waals surface area contributed by atoms with Gasteiger partial charge in [0.25, 0.3) is 0 Å². The Bertz CT molecular complexity index is 164. The minimum atomic E-state index is 0.0479. The van der Waals surface area contributed by atoms with Crippen LogP contribution in [-0.2, 0) is 42.6 Å². The van der Waals surface area contributed by atoms with E-state index in [1.165, 1.54) is 0 Å². The molecular formula is C12H26O9. The van der Waals surface area contributed by atoms with Crippen molar-refractivity contribution in [3.8, 4) is 0 Å². The van der Waals surface area contributed by atoms with Crippen LogP contribution in [0, 0.1) is 0 Å². The Labute approximate surface area is 125 Å². The minimum absolute atomic E-state index is 0.0479. The normalized spacial score (nSPS) is 11.1. The molecule has 0 saturated heterocycles. The summed E-state index contributed by atoms with van der Waals surface area (Å²) >= 11 is 0. The van der Waals surface area contributed by atoms with Gasteiger partial charge in [0.15, 0.2) is 40.8 Å². The highest BCUT2D eigenvalue weighted by Crippen LogP contribution is 1.86. The predicted octanol–water partition coefficient (Wildman–Crippen LogP) is 0.836. The van der Waals surface area contributed by atoms with Crippen LogP contribution in [0.25, 0.3) is 0 Å². The molecule has 0 unspecified atom stereocenters. The van der Waals surface area contributed by atoms with Gasteiger partial charge in [-0.05, 0) is 13.8 Å². The largest absolute Gasteiger partial charge is 0.356 e. The second kappa shape index (κ2) is 19.6. The molecule has 9 heteroatoms. The standard InChI is InChI=1S/C12H26O9/c1-3-13-5-15-7-17-9-19-11-21-12-20-10-18-8-16-6-14-4-2/h3-12H2,1-2H3. The van der Waals surface area contributed by atoms with Gasteiger partial charge in [0.2, 0.25) is 0 Å². The first-order valence-electron chi connectivity index (χ1n) is 6.61. The van der Waals surface area contributed by atoms with Gasteiger partial charge in [0, 0.05) is 13.2 Å². The molecule has 9 nitrogen and oxygen atoms in total. The Hall–Kier alpha value is -0.360. The first kappa shape index (κ1) is 20.6. The van der Waals surface area contributed by atoms with E-state index in [0.29, 0.717) is 13.2 Å². The van der Waals surface area contributed by atoms with E-state index in [2.05, 4.69) is 0 Å². The first-order chi connectivity index (χ1) is 10.4. The maximum Gasteiger partial charge on any atom is 0.152 e. The highest BCUT2D eigenvalue weighted by molar-refractivity contribution is 4.10. The fraction of sp³-hybridized carbons (Fsp3) is 1.00. The summed E-state index contributed by atoms with van der Waals surface area (Å²) in [4.78, 5) is 0. The summed E-state index contributed by atoms with van der Waals surface area (Å²) in [6.45, 7) is 5.81. The summed E-state index contributed by atoms with van der Waals surface area (Å²) in [5, 5.41) is 0. The Morgan fingerprint density at radius 1 is 0.333 bits per heavy atom. The maximum absolute atomic E-state index is 4.99. The molecule has 0 N–H and O–H groups in total. The summed E-state index contributed by atoms with van der Waals surface area (Å²) in [5.74, 6) is 0. The van der Waals surface area contributed by atoms with Crippen LogP contribution in [0.3, 0.4) is 0 Å². The highest BCUT2D eigenvalue weighted by Gasteiger charge is 1.92. The molecule has 0 fully saturated rings. The molecule has 0 amide bonds. The van der Waals surface area contributed by atoms with E-state index in [0.717, 1.165) is 0 Å². The van der Waals surface area contributed by atoms with Crippen molar-refractivity contribution in [3.63, 3.8) is 0 Å². The topological polar surface area (TPSA) is 83.1 Å². The lowest BCUT2D eigenvalue weighted by molar-refractivity contribution is -0.225. The molecule has 0 aliphatic rings. The van der Waals surface area contributed by atoms with Crippen LogP contribution in [0.4, 0.5) is 0 Å². The number of hydrogen-bond acceptors (Lipinski definition) is 9. The highest BCUT2D eigenvalue weighted by atomic mass is 16.8. The van der Waals surface area contributed by atoms with Crippen molar-refractivity contribution in [2.24, 2.45) is 0 Å². The average molecular weight is 314 g/mol. The van der Waals surface area contributed by atoms with Crippen LogP contribution < -0.4 is 0 Å². The Morgan fingerprint density at radius 2 is 0.524 bits per heavy atom. The van der Waals surface area contributed by atoms with Crippen LogP contribution >= 0.6 is 0 Å². The fourth-order valence-corrected chi connectivity index (χ4v) is 0.876. The zero-order valence-corrected chi connectivity index (χ0v) is 12.7. The quantitative estimate of drug-likeness (QED) is 0.270. The lowest BCUT2D eigenvalue weighted by Gasteiger charge is -2.08. The van der Waals surface area contributed by atoms with E-state index in [1.54, 1.807) is 0 Å². The molecule has 0 aliphatic heterocycles.